The van der Waals surface area contributed by atoms with E-state index in [1.807, 2.05) is 24.4 Å². The van der Waals surface area contributed by atoms with Crippen LogP contribution in [0, 0.1) is 0 Å². The number of nitrogens with two attached hydrogens (primary N) is 2. The second kappa shape index (κ2) is 5.95. The summed E-state index contributed by atoms with van der Waals surface area (Å²) in [5.74, 6) is 0.0746. The first kappa shape index (κ1) is 14.2. The number of azo groups is 1. The van der Waals surface area contributed by atoms with E-state index in [1.54, 1.807) is 6.07 Å². The maximum Gasteiger partial charge on any atom is 0.122 e. The van der Waals surface area contributed by atoms with Crippen molar-refractivity contribution in [1.82, 2.24) is 0 Å². The highest BCUT2D eigenvalue weighted by atomic mass is 16.3. The molecule has 0 fully saturated rings. The molecule has 2 aromatic rings. The maximum absolute atomic E-state index is 9.69. The number of aromatic hydroxyl groups is 1. The number of phenolic OH excluding ortho intramolecular Hbond substituents is 1. The second-order valence-corrected chi connectivity index (χ2v) is 5.11. The summed E-state index contributed by atoms with van der Waals surface area (Å²) in [6, 6.07) is 8.88. The zero-order chi connectivity index (χ0) is 15.5. The van der Waals surface area contributed by atoms with Gasteiger partial charge in [-0.3, -0.25) is 4.99 Å². The van der Waals surface area contributed by atoms with Crippen molar-refractivity contribution in [2.45, 2.75) is 19.4 Å². The van der Waals surface area contributed by atoms with Crippen molar-refractivity contribution < 1.29 is 5.11 Å². The summed E-state index contributed by atoms with van der Waals surface area (Å²) in [6.45, 7) is 0.214. The van der Waals surface area contributed by atoms with Gasteiger partial charge in [0, 0.05) is 24.4 Å². The van der Waals surface area contributed by atoms with Crippen LogP contribution in [0.3, 0.4) is 0 Å². The Morgan fingerprint density at radius 1 is 1.18 bits per heavy atom. The zero-order valence-corrected chi connectivity index (χ0v) is 12.0. The maximum atomic E-state index is 9.69. The number of anilines is 1. The smallest absolute Gasteiger partial charge is 0.122 e. The molecule has 6 heteroatoms. The van der Waals surface area contributed by atoms with Gasteiger partial charge < -0.3 is 16.6 Å². The Morgan fingerprint density at radius 2 is 2.05 bits per heavy atom. The molecule has 0 amide bonds. The van der Waals surface area contributed by atoms with Gasteiger partial charge in [0.1, 0.15) is 11.4 Å². The van der Waals surface area contributed by atoms with Crippen LogP contribution in [0.5, 0.6) is 5.75 Å². The minimum absolute atomic E-state index is 0.0746. The quantitative estimate of drug-likeness (QED) is 0.595. The Morgan fingerprint density at radius 3 is 2.86 bits per heavy atom. The molecule has 3 rings (SSSR count). The Labute approximate surface area is 128 Å². The van der Waals surface area contributed by atoms with Crippen molar-refractivity contribution in [3.8, 4) is 5.75 Å². The third kappa shape index (κ3) is 2.82. The molecular weight excluding hydrogens is 278 g/mol. The lowest BCUT2D eigenvalue weighted by Gasteiger charge is -2.09. The molecule has 1 aliphatic heterocycles. The van der Waals surface area contributed by atoms with Gasteiger partial charge in [-0.1, -0.05) is 0 Å². The van der Waals surface area contributed by atoms with Gasteiger partial charge in [0.25, 0.3) is 0 Å². The highest BCUT2D eigenvalue weighted by Crippen LogP contribution is 2.33. The Hall–Kier alpha value is -2.73. The Kier molecular flexibility index (Phi) is 3.84. The fourth-order valence-electron chi connectivity index (χ4n) is 2.34. The molecule has 0 unspecified atom stereocenters. The van der Waals surface area contributed by atoms with Gasteiger partial charge in [-0.05, 0) is 42.7 Å². The lowest BCUT2D eigenvalue weighted by molar-refractivity contribution is 0.469. The molecule has 0 aromatic heterocycles. The molecule has 0 saturated heterocycles. The molecule has 0 spiro atoms. The first-order valence-corrected chi connectivity index (χ1v) is 7.06. The van der Waals surface area contributed by atoms with Gasteiger partial charge in [-0.15, -0.1) is 5.11 Å². The summed E-state index contributed by atoms with van der Waals surface area (Å²) >= 11 is 0. The first-order chi connectivity index (χ1) is 10.7. The molecule has 5 N–H and O–H groups in total. The number of rotatable bonds is 3. The van der Waals surface area contributed by atoms with Crippen molar-refractivity contribution in [2.24, 2.45) is 21.0 Å². The number of nitrogen functional groups attached to an aromatic ring is 1. The van der Waals surface area contributed by atoms with Crippen LogP contribution in [0.15, 0.2) is 45.6 Å². The highest BCUT2D eigenvalue weighted by molar-refractivity contribution is 5.70. The molecule has 0 bridgehead atoms. The van der Waals surface area contributed by atoms with Crippen molar-refractivity contribution in [3.63, 3.8) is 0 Å². The predicted octanol–water partition coefficient (Wildman–Crippen LogP) is 3.50. The van der Waals surface area contributed by atoms with Gasteiger partial charge in [0.2, 0.25) is 0 Å². The van der Waals surface area contributed by atoms with E-state index in [1.165, 1.54) is 11.6 Å². The van der Waals surface area contributed by atoms with Gasteiger partial charge in [0.15, 0.2) is 0 Å². The summed E-state index contributed by atoms with van der Waals surface area (Å²) in [4.78, 5) is 4.34. The monoisotopic (exact) mass is 295 g/mol. The fourth-order valence-corrected chi connectivity index (χ4v) is 2.34. The summed E-state index contributed by atoms with van der Waals surface area (Å²) < 4.78 is 0. The number of aliphatic imine (C=N–C) groups is 1. The lowest BCUT2D eigenvalue weighted by Crippen LogP contribution is -1.97. The minimum Gasteiger partial charge on any atom is -0.508 e. The van der Waals surface area contributed by atoms with E-state index < -0.39 is 0 Å². The third-order valence-electron chi connectivity index (χ3n) is 3.56. The summed E-state index contributed by atoms with van der Waals surface area (Å²) in [5, 5.41) is 18.1. The van der Waals surface area contributed by atoms with Crippen LogP contribution in [-0.4, -0.2) is 11.3 Å². The molecule has 0 atom stereocenters. The van der Waals surface area contributed by atoms with E-state index in [9.17, 15) is 5.11 Å². The van der Waals surface area contributed by atoms with E-state index in [4.69, 9.17) is 11.5 Å². The standard InChI is InChI=1S/C16H17N5O/c17-9-11-7-15(13(18)8-16(11)22)21-20-12-3-4-14-10(6-12)2-1-5-19-14/h3-8,22H,1-2,9,17-18H2. The average molecular weight is 295 g/mol. The number of fused-ring (bicyclic) bond motifs is 1. The number of aryl methyl sites for hydroxylation is 1. The topological polar surface area (TPSA) is 109 Å². The van der Waals surface area contributed by atoms with Crippen LogP contribution < -0.4 is 11.5 Å². The Bertz CT molecular complexity index is 767. The summed E-state index contributed by atoms with van der Waals surface area (Å²) in [6.07, 6.45) is 3.83. The number of hydrogen-bond donors (Lipinski definition) is 3. The van der Waals surface area contributed by atoms with Crippen LogP contribution in [0.2, 0.25) is 0 Å². The van der Waals surface area contributed by atoms with Crippen LogP contribution in [-0.2, 0) is 13.0 Å². The predicted molar refractivity (Wildman–Crippen MR) is 87.5 cm³/mol. The molecule has 112 valence electrons. The molecule has 22 heavy (non-hydrogen) atoms. The van der Waals surface area contributed by atoms with Crippen LogP contribution in [0.1, 0.15) is 17.5 Å². The number of phenols is 1. The SMILES string of the molecule is NCc1cc(N=Nc2ccc3c(c2)CCC=N3)c(N)cc1O. The van der Waals surface area contributed by atoms with Crippen molar-refractivity contribution in [2.75, 3.05) is 5.73 Å². The van der Waals surface area contributed by atoms with E-state index >= 15 is 0 Å². The van der Waals surface area contributed by atoms with Gasteiger partial charge in [-0.2, -0.15) is 5.11 Å². The van der Waals surface area contributed by atoms with Crippen LogP contribution in [0.25, 0.3) is 0 Å². The molecule has 2 aromatic carbocycles. The highest BCUT2D eigenvalue weighted by Gasteiger charge is 2.08. The summed E-state index contributed by atoms with van der Waals surface area (Å²) in [7, 11) is 0. The molecule has 0 aliphatic carbocycles. The molecule has 6 nitrogen and oxygen atoms in total. The van der Waals surface area contributed by atoms with Gasteiger partial charge >= 0.3 is 0 Å². The fraction of sp³-hybridized carbons (Fsp3) is 0.188. The van der Waals surface area contributed by atoms with Crippen LogP contribution in [0.4, 0.5) is 22.7 Å². The van der Waals surface area contributed by atoms with E-state index in [-0.39, 0.29) is 12.3 Å². The first-order valence-electron chi connectivity index (χ1n) is 7.06. The number of nitrogens with zero attached hydrogens (tertiary/aromatic N) is 3. The van der Waals surface area contributed by atoms with E-state index in [2.05, 4.69) is 15.2 Å². The average Bonchev–Trinajstić information content (AvgIpc) is 2.54. The molecule has 0 saturated carbocycles. The number of benzene rings is 2. The van der Waals surface area contributed by atoms with Gasteiger partial charge in [0.05, 0.1) is 17.1 Å². The normalized spacial score (nSPS) is 13.5. The zero-order valence-electron chi connectivity index (χ0n) is 12.0. The van der Waals surface area contributed by atoms with Crippen molar-refractivity contribution in [3.05, 3.63) is 41.5 Å². The van der Waals surface area contributed by atoms with Gasteiger partial charge in [-0.25, -0.2) is 0 Å². The molecule has 1 aliphatic rings. The van der Waals surface area contributed by atoms with E-state index in [0.29, 0.717) is 16.9 Å². The van der Waals surface area contributed by atoms with E-state index in [0.717, 1.165) is 24.2 Å². The van der Waals surface area contributed by atoms with Crippen molar-refractivity contribution in [1.29, 1.82) is 0 Å². The number of hydrogen-bond acceptors (Lipinski definition) is 6. The Balaban J connectivity index is 1.90. The summed E-state index contributed by atoms with van der Waals surface area (Å²) in [5.41, 5.74) is 15.8. The third-order valence-corrected chi connectivity index (χ3v) is 3.56. The second-order valence-electron chi connectivity index (χ2n) is 5.11. The molecule has 0 radical (unpaired) electrons. The van der Waals surface area contributed by atoms with Crippen molar-refractivity contribution >= 4 is 29.0 Å². The van der Waals surface area contributed by atoms with Crippen LogP contribution >= 0.6 is 0 Å². The lowest BCUT2D eigenvalue weighted by atomic mass is 10.1. The molecular formula is C16H17N5O. The molecule has 1 heterocycles. The largest absolute Gasteiger partial charge is 0.508 e. The minimum atomic E-state index is 0.0746.